The van der Waals surface area contributed by atoms with Crippen LogP contribution >= 0.6 is 0 Å². The molecule has 2 aliphatic heterocycles. The van der Waals surface area contributed by atoms with Gasteiger partial charge in [-0.1, -0.05) is 12.1 Å². The Labute approximate surface area is 125 Å². The summed E-state index contributed by atoms with van der Waals surface area (Å²) < 4.78 is 5.17. The second kappa shape index (κ2) is 6.03. The minimum absolute atomic E-state index is 0.0265. The van der Waals surface area contributed by atoms with Gasteiger partial charge in [0, 0.05) is 25.9 Å². The van der Waals surface area contributed by atoms with Crippen LogP contribution in [0.4, 0.5) is 5.69 Å². The first-order valence-corrected chi connectivity index (χ1v) is 7.60. The predicted molar refractivity (Wildman–Crippen MR) is 82.7 cm³/mol. The summed E-state index contributed by atoms with van der Waals surface area (Å²) in [7, 11) is 1.68. The SMILES string of the molecule is COCCN1CC2(CCNCC2)Nc2ccccc2C1=O. The van der Waals surface area contributed by atoms with Crippen molar-refractivity contribution in [3.8, 4) is 0 Å². The molecule has 0 atom stereocenters. The van der Waals surface area contributed by atoms with Gasteiger partial charge in [-0.2, -0.15) is 0 Å². The van der Waals surface area contributed by atoms with Crippen molar-refractivity contribution in [3.05, 3.63) is 29.8 Å². The molecule has 2 aliphatic rings. The van der Waals surface area contributed by atoms with Crippen molar-refractivity contribution < 1.29 is 9.53 Å². The Hall–Kier alpha value is -1.59. The van der Waals surface area contributed by atoms with Gasteiger partial charge < -0.3 is 20.3 Å². The standard InChI is InChI=1S/C16H23N3O2/c1-21-11-10-19-12-16(6-8-17-9-7-16)18-14-5-3-2-4-13(14)15(19)20/h2-5,17-18H,6-12H2,1H3. The highest BCUT2D eigenvalue weighted by Gasteiger charge is 2.38. The summed E-state index contributed by atoms with van der Waals surface area (Å²) >= 11 is 0. The van der Waals surface area contributed by atoms with Crippen LogP contribution in [-0.4, -0.2) is 56.2 Å². The second-order valence-electron chi connectivity index (χ2n) is 5.92. The van der Waals surface area contributed by atoms with E-state index < -0.39 is 0 Å². The summed E-state index contributed by atoms with van der Waals surface area (Å²) in [4.78, 5) is 14.7. The molecule has 1 fully saturated rings. The number of benzene rings is 1. The quantitative estimate of drug-likeness (QED) is 0.881. The van der Waals surface area contributed by atoms with Crippen molar-refractivity contribution in [2.45, 2.75) is 18.4 Å². The number of amides is 1. The van der Waals surface area contributed by atoms with Gasteiger partial charge in [0.25, 0.3) is 5.91 Å². The van der Waals surface area contributed by atoms with E-state index in [1.165, 1.54) is 0 Å². The fourth-order valence-corrected chi connectivity index (χ4v) is 3.28. The van der Waals surface area contributed by atoms with E-state index >= 15 is 0 Å². The zero-order chi connectivity index (χ0) is 14.7. The first kappa shape index (κ1) is 14.4. The molecule has 1 saturated heterocycles. The van der Waals surface area contributed by atoms with Gasteiger partial charge in [0.2, 0.25) is 0 Å². The van der Waals surface area contributed by atoms with Crippen LogP contribution < -0.4 is 10.6 Å². The van der Waals surface area contributed by atoms with Gasteiger partial charge >= 0.3 is 0 Å². The molecule has 0 bridgehead atoms. The van der Waals surface area contributed by atoms with Crippen LogP contribution in [0.1, 0.15) is 23.2 Å². The van der Waals surface area contributed by atoms with Crippen molar-refractivity contribution in [1.29, 1.82) is 0 Å². The maximum absolute atomic E-state index is 12.8. The third kappa shape index (κ3) is 2.89. The molecule has 0 radical (unpaired) electrons. The number of fused-ring (bicyclic) bond motifs is 1. The van der Waals surface area contributed by atoms with Crippen LogP contribution in [-0.2, 0) is 4.74 Å². The molecule has 5 nitrogen and oxygen atoms in total. The van der Waals surface area contributed by atoms with Crippen LogP contribution in [0.25, 0.3) is 0 Å². The average Bonchev–Trinajstić information content (AvgIpc) is 2.62. The van der Waals surface area contributed by atoms with Crippen molar-refractivity contribution in [1.82, 2.24) is 10.2 Å². The molecule has 3 rings (SSSR count). The number of nitrogens with one attached hydrogen (secondary N) is 2. The van der Waals surface area contributed by atoms with E-state index in [0.29, 0.717) is 13.2 Å². The average molecular weight is 289 g/mol. The van der Waals surface area contributed by atoms with Crippen LogP contribution in [0, 0.1) is 0 Å². The Morgan fingerprint density at radius 1 is 1.29 bits per heavy atom. The highest BCUT2D eigenvalue weighted by Crippen LogP contribution is 2.31. The number of methoxy groups -OCH3 is 1. The summed E-state index contributed by atoms with van der Waals surface area (Å²) in [5.41, 5.74) is 1.70. The number of carbonyl (C=O) groups is 1. The van der Waals surface area contributed by atoms with E-state index in [1.807, 2.05) is 29.2 Å². The zero-order valence-electron chi connectivity index (χ0n) is 12.5. The number of para-hydroxylation sites is 1. The number of carbonyl (C=O) groups excluding carboxylic acids is 1. The van der Waals surface area contributed by atoms with Crippen LogP contribution in [0.2, 0.25) is 0 Å². The lowest BCUT2D eigenvalue weighted by Gasteiger charge is -2.40. The topological polar surface area (TPSA) is 53.6 Å². The molecule has 2 N–H and O–H groups in total. The molecule has 1 aromatic rings. The normalized spacial score (nSPS) is 20.8. The molecule has 1 amide bonds. The summed E-state index contributed by atoms with van der Waals surface area (Å²) in [5, 5.41) is 7.07. The lowest BCUT2D eigenvalue weighted by atomic mass is 9.87. The lowest BCUT2D eigenvalue weighted by Crippen LogP contribution is -2.54. The monoisotopic (exact) mass is 289 g/mol. The molecule has 5 heteroatoms. The first-order valence-electron chi connectivity index (χ1n) is 7.60. The third-order valence-corrected chi connectivity index (χ3v) is 4.46. The first-order chi connectivity index (χ1) is 10.2. The Kier molecular flexibility index (Phi) is 4.12. The molecule has 0 saturated carbocycles. The van der Waals surface area contributed by atoms with Gasteiger partial charge in [0.05, 0.1) is 17.7 Å². The summed E-state index contributed by atoms with van der Waals surface area (Å²) in [5.74, 6) is 0.102. The molecule has 21 heavy (non-hydrogen) atoms. The smallest absolute Gasteiger partial charge is 0.256 e. The number of ether oxygens (including phenoxy) is 1. The summed E-state index contributed by atoms with van der Waals surface area (Å²) in [6.45, 7) is 3.93. The highest BCUT2D eigenvalue weighted by atomic mass is 16.5. The third-order valence-electron chi connectivity index (χ3n) is 4.46. The van der Waals surface area contributed by atoms with Crippen molar-refractivity contribution in [2.75, 3.05) is 45.2 Å². The Balaban J connectivity index is 1.94. The number of rotatable bonds is 3. The van der Waals surface area contributed by atoms with E-state index in [-0.39, 0.29) is 11.4 Å². The van der Waals surface area contributed by atoms with Crippen molar-refractivity contribution in [2.24, 2.45) is 0 Å². The number of nitrogens with zero attached hydrogens (tertiary/aromatic N) is 1. The summed E-state index contributed by atoms with van der Waals surface area (Å²) in [6, 6.07) is 7.83. The van der Waals surface area contributed by atoms with Gasteiger partial charge in [-0.05, 0) is 38.1 Å². The minimum Gasteiger partial charge on any atom is -0.383 e. The predicted octanol–water partition coefficient (Wildman–Crippen LogP) is 1.32. The molecular formula is C16H23N3O2. The Morgan fingerprint density at radius 3 is 2.81 bits per heavy atom. The van der Waals surface area contributed by atoms with E-state index in [9.17, 15) is 4.79 Å². The molecular weight excluding hydrogens is 266 g/mol. The van der Waals surface area contributed by atoms with Gasteiger partial charge in [-0.3, -0.25) is 4.79 Å². The van der Waals surface area contributed by atoms with Crippen LogP contribution in [0.15, 0.2) is 24.3 Å². The number of anilines is 1. The fraction of sp³-hybridized carbons (Fsp3) is 0.562. The lowest BCUT2D eigenvalue weighted by molar-refractivity contribution is 0.0651. The van der Waals surface area contributed by atoms with E-state index in [1.54, 1.807) is 7.11 Å². The van der Waals surface area contributed by atoms with Gasteiger partial charge in [-0.15, -0.1) is 0 Å². The molecule has 0 unspecified atom stereocenters. The maximum atomic E-state index is 12.8. The number of hydrogen-bond donors (Lipinski definition) is 2. The van der Waals surface area contributed by atoms with Crippen LogP contribution in [0.3, 0.4) is 0 Å². The van der Waals surface area contributed by atoms with E-state index in [2.05, 4.69) is 10.6 Å². The van der Waals surface area contributed by atoms with Crippen LogP contribution in [0.5, 0.6) is 0 Å². The van der Waals surface area contributed by atoms with Gasteiger partial charge in [-0.25, -0.2) is 0 Å². The van der Waals surface area contributed by atoms with Gasteiger partial charge in [0.1, 0.15) is 0 Å². The molecule has 1 spiro atoms. The Morgan fingerprint density at radius 2 is 2.05 bits per heavy atom. The maximum Gasteiger partial charge on any atom is 0.256 e. The summed E-state index contributed by atoms with van der Waals surface area (Å²) in [6.07, 6.45) is 2.05. The molecule has 0 aromatic heterocycles. The molecule has 0 aliphatic carbocycles. The zero-order valence-corrected chi connectivity index (χ0v) is 12.5. The van der Waals surface area contributed by atoms with Crippen molar-refractivity contribution >= 4 is 11.6 Å². The highest BCUT2D eigenvalue weighted by molar-refractivity contribution is 6.00. The van der Waals surface area contributed by atoms with E-state index in [4.69, 9.17) is 4.74 Å². The van der Waals surface area contributed by atoms with Gasteiger partial charge in [0.15, 0.2) is 0 Å². The Bertz CT molecular complexity index is 512. The number of piperidine rings is 1. The number of hydrogen-bond acceptors (Lipinski definition) is 4. The largest absolute Gasteiger partial charge is 0.383 e. The molecule has 114 valence electrons. The fourth-order valence-electron chi connectivity index (χ4n) is 3.28. The second-order valence-corrected chi connectivity index (χ2v) is 5.92. The van der Waals surface area contributed by atoms with E-state index in [0.717, 1.165) is 43.7 Å². The molecule has 1 aromatic carbocycles. The minimum atomic E-state index is -0.0265. The molecule has 2 heterocycles. The van der Waals surface area contributed by atoms with Crippen molar-refractivity contribution in [3.63, 3.8) is 0 Å².